The molecule has 0 spiro atoms. The molecular formula is C22H24FN3O2. The van der Waals surface area contributed by atoms with Crippen molar-refractivity contribution in [2.45, 2.75) is 45.1 Å². The molecule has 1 aliphatic rings. The minimum atomic E-state index is -0.290. The van der Waals surface area contributed by atoms with Crippen LogP contribution in [0.25, 0.3) is 10.9 Å². The smallest absolute Gasteiger partial charge is 0.162 e. The fourth-order valence-corrected chi connectivity index (χ4v) is 3.65. The third-order valence-corrected chi connectivity index (χ3v) is 5.21. The molecule has 5 nitrogen and oxygen atoms in total. The van der Waals surface area contributed by atoms with Crippen LogP contribution in [-0.2, 0) is 0 Å². The van der Waals surface area contributed by atoms with E-state index in [1.54, 1.807) is 26.2 Å². The van der Waals surface area contributed by atoms with Crippen LogP contribution in [0.4, 0.5) is 15.9 Å². The maximum atomic E-state index is 14.4. The summed E-state index contributed by atoms with van der Waals surface area (Å²) in [5, 5.41) is 3.86. The summed E-state index contributed by atoms with van der Waals surface area (Å²) in [6.07, 6.45) is 7.37. The molecule has 1 heterocycles. The first kappa shape index (κ1) is 18.5. The highest BCUT2D eigenvalue weighted by Gasteiger charge is 2.19. The van der Waals surface area contributed by atoms with E-state index < -0.39 is 0 Å². The molecule has 146 valence electrons. The topological polar surface area (TPSA) is 56.3 Å². The van der Waals surface area contributed by atoms with Crippen LogP contribution in [0.5, 0.6) is 11.5 Å². The Kier molecular flexibility index (Phi) is 5.28. The Hall–Kier alpha value is -2.89. The molecular weight excluding hydrogens is 357 g/mol. The van der Waals surface area contributed by atoms with Gasteiger partial charge in [0.05, 0.1) is 24.4 Å². The van der Waals surface area contributed by atoms with Gasteiger partial charge in [-0.05, 0) is 50.3 Å². The van der Waals surface area contributed by atoms with E-state index in [9.17, 15) is 4.39 Å². The minimum Gasteiger partial charge on any atom is -0.493 e. The number of rotatable bonds is 5. The number of nitrogens with one attached hydrogen (secondary N) is 1. The van der Waals surface area contributed by atoms with Crippen molar-refractivity contribution >= 4 is 22.4 Å². The van der Waals surface area contributed by atoms with Crippen molar-refractivity contribution in [3.05, 3.63) is 48.0 Å². The fourth-order valence-electron chi connectivity index (χ4n) is 3.65. The molecule has 0 unspecified atom stereocenters. The molecule has 6 heteroatoms. The number of benzene rings is 2. The van der Waals surface area contributed by atoms with Crippen LogP contribution in [0.15, 0.2) is 36.7 Å². The molecule has 0 bridgehead atoms. The molecule has 1 fully saturated rings. The van der Waals surface area contributed by atoms with Gasteiger partial charge in [0.1, 0.15) is 18.0 Å². The second kappa shape index (κ2) is 8.00. The Morgan fingerprint density at radius 2 is 1.89 bits per heavy atom. The number of hydrogen-bond donors (Lipinski definition) is 1. The zero-order valence-corrected chi connectivity index (χ0v) is 16.2. The van der Waals surface area contributed by atoms with E-state index in [2.05, 4.69) is 15.3 Å². The van der Waals surface area contributed by atoms with E-state index in [0.717, 1.165) is 18.2 Å². The van der Waals surface area contributed by atoms with Crippen molar-refractivity contribution in [2.75, 3.05) is 12.4 Å². The summed E-state index contributed by atoms with van der Waals surface area (Å²) in [6, 6.07) is 8.97. The number of fused-ring (bicyclic) bond motifs is 1. The lowest BCUT2D eigenvalue weighted by molar-refractivity contribution is 0.150. The quantitative estimate of drug-likeness (QED) is 0.629. The number of nitrogens with zero attached hydrogens (tertiary/aromatic N) is 2. The van der Waals surface area contributed by atoms with Crippen LogP contribution in [0.3, 0.4) is 0 Å². The fraction of sp³-hybridized carbons (Fsp3) is 0.364. The van der Waals surface area contributed by atoms with E-state index in [4.69, 9.17) is 9.47 Å². The van der Waals surface area contributed by atoms with Crippen LogP contribution in [-0.4, -0.2) is 23.2 Å². The number of ether oxygens (including phenoxy) is 2. The molecule has 0 atom stereocenters. The number of hydrogen-bond acceptors (Lipinski definition) is 5. The molecule has 0 saturated heterocycles. The van der Waals surface area contributed by atoms with Crippen molar-refractivity contribution in [2.24, 2.45) is 0 Å². The Morgan fingerprint density at radius 1 is 1.07 bits per heavy atom. The maximum absolute atomic E-state index is 14.4. The number of anilines is 2. The molecule has 1 aromatic heterocycles. The van der Waals surface area contributed by atoms with Crippen molar-refractivity contribution in [3.8, 4) is 11.5 Å². The summed E-state index contributed by atoms with van der Waals surface area (Å²) in [6.45, 7) is 1.74. The first-order valence-corrected chi connectivity index (χ1v) is 9.67. The van der Waals surface area contributed by atoms with Gasteiger partial charge in [0, 0.05) is 11.5 Å². The first-order chi connectivity index (χ1) is 13.7. The average Bonchev–Trinajstić information content (AvgIpc) is 2.72. The van der Waals surface area contributed by atoms with Gasteiger partial charge in [0.25, 0.3) is 0 Å². The van der Waals surface area contributed by atoms with Gasteiger partial charge < -0.3 is 14.8 Å². The Bertz CT molecular complexity index is 987. The predicted octanol–water partition coefficient (Wildman–Crippen LogP) is 5.54. The molecule has 1 aliphatic carbocycles. The Balaban J connectivity index is 1.73. The summed E-state index contributed by atoms with van der Waals surface area (Å²) in [5.74, 6) is 1.56. The van der Waals surface area contributed by atoms with Crippen molar-refractivity contribution in [1.29, 1.82) is 0 Å². The third-order valence-electron chi connectivity index (χ3n) is 5.21. The molecule has 3 aromatic rings. The predicted molar refractivity (Wildman–Crippen MR) is 108 cm³/mol. The molecule has 4 rings (SSSR count). The van der Waals surface area contributed by atoms with Crippen LogP contribution in [0, 0.1) is 12.7 Å². The van der Waals surface area contributed by atoms with Crippen LogP contribution in [0.2, 0.25) is 0 Å². The van der Waals surface area contributed by atoms with Gasteiger partial charge in [-0.15, -0.1) is 0 Å². The van der Waals surface area contributed by atoms with Crippen molar-refractivity contribution in [3.63, 3.8) is 0 Å². The molecule has 1 saturated carbocycles. The highest BCUT2D eigenvalue weighted by atomic mass is 19.1. The summed E-state index contributed by atoms with van der Waals surface area (Å²) >= 11 is 0. The van der Waals surface area contributed by atoms with Gasteiger partial charge in [-0.3, -0.25) is 0 Å². The van der Waals surface area contributed by atoms with Crippen LogP contribution < -0.4 is 14.8 Å². The van der Waals surface area contributed by atoms with E-state index >= 15 is 0 Å². The first-order valence-electron chi connectivity index (χ1n) is 9.67. The van der Waals surface area contributed by atoms with Crippen LogP contribution >= 0.6 is 0 Å². The standard InChI is InChI=1S/C22H24FN3O2/c1-14-7-6-10-17(21(14)23)26-22-16-11-20(28-15-8-4-3-5-9-15)19(27-2)12-18(16)24-13-25-22/h6-7,10-13,15H,3-5,8-9H2,1-2H3,(H,24,25,26). The SMILES string of the molecule is COc1cc2ncnc(Nc3cccc(C)c3F)c2cc1OC1CCCCC1. The third kappa shape index (κ3) is 3.72. The molecule has 0 amide bonds. The second-order valence-corrected chi connectivity index (χ2v) is 7.18. The second-order valence-electron chi connectivity index (χ2n) is 7.18. The molecule has 1 N–H and O–H groups in total. The highest BCUT2D eigenvalue weighted by Crippen LogP contribution is 2.37. The average molecular weight is 381 g/mol. The van der Waals surface area contributed by atoms with E-state index in [1.807, 2.05) is 18.2 Å². The zero-order valence-electron chi connectivity index (χ0n) is 16.2. The lowest BCUT2D eigenvalue weighted by Crippen LogP contribution is -2.19. The highest BCUT2D eigenvalue weighted by molar-refractivity contribution is 5.93. The molecule has 2 aromatic carbocycles. The van der Waals surface area contributed by atoms with Crippen molar-refractivity contribution < 1.29 is 13.9 Å². The summed E-state index contributed by atoms with van der Waals surface area (Å²) in [7, 11) is 1.62. The molecule has 0 aliphatic heterocycles. The number of aryl methyl sites for hydroxylation is 1. The molecule has 0 radical (unpaired) electrons. The number of aromatic nitrogens is 2. The monoisotopic (exact) mass is 381 g/mol. The van der Waals surface area contributed by atoms with Gasteiger partial charge in [-0.2, -0.15) is 0 Å². The summed E-state index contributed by atoms with van der Waals surface area (Å²) in [4.78, 5) is 8.67. The van der Waals surface area contributed by atoms with Gasteiger partial charge in [-0.25, -0.2) is 14.4 Å². The number of methoxy groups -OCH3 is 1. The number of halogens is 1. The normalized spacial score (nSPS) is 14.8. The Morgan fingerprint density at radius 3 is 2.68 bits per heavy atom. The van der Waals surface area contributed by atoms with Gasteiger partial charge in [0.15, 0.2) is 11.5 Å². The van der Waals surface area contributed by atoms with E-state index in [1.165, 1.54) is 25.6 Å². The Labute approximate surface area is 163 Å². The maximum Gasteiger partial charge on any atom is 0.162 e. The van der Waals surface area contributed by atoms with E-state index in [0.29, 0.717) is 34.1 Å². The largest absolute Gasteiger partial charge is 0.493 e. The lowest BCUT2D eigenvalue weighted by Gasteiger charge is -2.24. The zero-order chi connectivity index (χ0) is 19.5. The minimum absolute atomic E-state index is 0.190. The van der Waals surface area contributed by atoms with Gasteiger partial charge in [-0.1, -0.05) is 18.6 Å². The van der Waals surface area contributed by atoms with Gasteiger partial charge >= 0.3 is 0 Å². The summed E-state index contributed by atoms with van der Waals surface area (Å²) < 4.78 is 26.2. The van der Waals surface area contributed by atoms with E-state index in [-0.39, 0.29) is 11.9 Å². The van der Waals surface area contributed by atoms with Crippen LogP contribution in [0.1, 0.15) is 37.7 Å². The van der Waals surface area contributed by atoms with Gasteiger partial charge in [0.2, 0.25) is 0 Å². The lowest BCUT2D eigenvalue weighted by atomic mass is 9.98. The summed E-state index contributed by atoms with van der Waals surface area (Å²) in [5.41, 5.74) is 1.66. The molecule has 28 heavy (non-hydrogen) atoms. The van der Waals surface area contributed by atoms with Crippen molar-refractivity contribution in [1.82, 2.24) is 9.97 Å².